The molecule has 1 heterocycles. The molecule has 10 atom stereocenters. The molecule has 4 heteroatoms. The molecule has 5 aliphatic rings. The van der Waals surface area contributed by atoms with E-state index in [1.54, 1.807) is 0 Å². The van der Waals surface area contributed by atoms with Crippen molar-refractivity contribution in [2.75, 3.05) is 0 Å². The van der Waals surface area contributed by atoms with Gasteiger partial charge in [-0.3, -0.25) is 0 Å². The second kappa shape index (κ2) is 7.83. The lowest BCUT2D eigenvalue weighted by Gasteiger charge is -2.63. The molecule has 0 radical (unpaired) electrons. The molecule has 4 unspecified atom stereocenters. The van der Waals surface area contributed by atoms with Crippen LogP contribution < -0.4 is 0 Å². The summed E-state index contributed by atoms with van der Waals surface area (Å²) in [6.07, 6.45) is 15.4. The molecule has 192 valence electrons. The van der Waals surface area contributed by atoms with Gasteiger partial charge in [-0.15, -0.1) is 12.3 Å². The van der Waals surface area contributed by atoms with Gasteiger partial charge in [-0.2, -0.15) is 0 Å². The Labute approximate surface area is 210 Å². The predicted octanol–water partition coefficient (Wildman–Crippen LogP) is 7.41. The summed E-state index contributed by atoms with van der Waals surface area (Å²) in [5.74, 6) is 5.57. The maximum atomic E-state index is 7.01. The van der Waals surface area contributed by atoms with Crippen LogP contribution in [0.25, 0.3) is 0 Å². The van der Waals surface area contributed by atoms with Gasteiger partial charge < -0.3 is 13.9 Å². The molecule has 0 spiro atoms. The fraction of sp³-hybridized carbons (Fsp3) is 0.933. The third-order valence-electron chi connectivity index (χ3n) is 12.0. The fourth-order valence-electron chi connectivity index (χ4n) is 9.12. The first-order chi connectivity index (χ1) is 15.6. The van der Waals surface area contributed by atoms with Crippen molar-refractivity contribution in [3.05, 3.63) is 0 Å². The molecule has 4 aliphatic carbocycles. The maximum Gasteiger partial charge on any atom is 0.192 e. The maximum absolute atomic E-state index is 7.01. The largest absolute Gasteiger partial charge is 0.414 e. The van der Waals surface area contributed by atoms with Crippen molar-refractivity contribution in [1.82, 2.24) is 0 Å². The Bertz CT molecular complexity index is 852. The molecule has 0 amide bonds. The number of terminal acetylenes is 1. The standard InChI is InChI=1S/C30H50O3Si/c1-11-19-12-13-21-24-22(15-17-29(19,21)7)30(8)16-14-20(33-34(9,10)27(2,3)4)18-23(30)25-26(24)32-28(5,6)31-25/h1,19-26H,12-18H2,2-10H3/t19-,20+,21?,22?,23?,24?,25+,26+,29+,30+/m0/s1. The molecule has 34 heavy (non-hydrogen) atoms. The average Bonchev–Trinajstić information content (AvgIpc) is 3.22. The molecule has 1 saturated heterocycles. The van der Waals surface area contributed by atoms with E-state index in [1.807, 2.05) is 0 Å². The molecule has 1 aliphatic heterocycles. The first kappa shape index (κ1) is 25.3. The van der Waals surface area contributed by atoms with E-state index in [1.165, 1.54) is 38.5 Å². The summed E-state index contributed by atoms with van der Waals surface area (Å²) in [6.45, 7) is 21.2. The van der Waals surface area contributed by atoms with Gasteiger partial charge in [-0.25, -0.2) is 0 Å². The lowest BCUT2D eigenvalue weighted by Crippen LogP contribution is -2.63. The summed E-state index contributed by atoms with van der Waals surface area (Å²) < 4.78 is 20.6. The lowest BCUT2D eigenvalue weighted by atomic mass is 9.43. The van der Waals surface area contributed by atoms with Gasteiger partial charge in [0.05, 0.1) is 12.2 Å². The summed E-state index contributed by atoms with van der Waals surface area (Å²) in [7, 11) is -1.80. The first-order valence-corrected chi connectivity index (χ1v) is 17.0. The number of rotatable bonds is 2. The summed E-state index contributed by atoms with van der Waals surface area (Å²) >= 11 is 0. The van der Waals surface area contributed by atoms with Crippen molar-refractivity contribution in [3.63, 3.8) is 0 Å². The zero-order valence-electron chi connectivity index (χ0n) is 23.4. The summed E-state index contributed by atoms with van der Waals surface area (Å²) in [6, 6.07) is 0. The molecule has 5 fully saturated rings. The number of hydrogen-bond acceptors (Lipinski definition) is 3. The predicted molar refractivity (Wildman–Crippen MR) is 141 cm³/mol. The molecule has 0 bridgehead atoms. The lowest BCUT2D eigenvalue weighted by molar-refractivity contribution is -0.186. The van der Waals surface area contributed by atoms with Crippen LogP contribution in [0, 0.1) is 52.8 Å². The van der Waals surface area contributed by atoms with Crippen LogP contribution in [-0.4, -0.2) is 32.4 Å². The van der Waals surface area contributed by atoms with Crippen LogP contribution in [0.2, 0.25) is 18.1 Å². The van der Waals surface area contributed by atoms with Crippen molar-refractivity contribution in [2.24, 2.45) is 40.4 Å². The Morgan fingerprint density at radius 3 is 2.12 bits per heavy atom. The van der Waals surface area contributed by atoms with Gasteiger partial charge in [-0.05, 0) is 111 Å². The van der Waals surface area contributed by atoms with Crippen molar-refractivity contribution in [3.8, 4) is 12.3 Å². The van der Waals surface area contributed by atoms with E-state index >= 15 is 0 Å². The number of hydrogen-bond donors (Lipinski definition) is 0. The third-order valence-corrected chi connectivity index (χ3v) is 16.5. The Balaban J connectivity index is 1.47. The van der Waals surface area contributed by atoms with E-state index in [-0.39, 0.29) is 22.7 Å². The van der Waals surface area contributed by atoms with E-state index in [0.717, 1.165) is 6.42 Å². The van der Waals surface area contributed by atoms with Gasteiger partial charge in [0.1, 0.15) is 0 Å². The van der Waals surface area contributed by atoms with Gasteiger partial charge in [0.25, 0.3) is 0 Å². The molecular formula is C30H50O3Si. The van der Waals surface area contributed by atoms with E-state index in [2.05, 4.69) is 67.5 Å². The van der Waals surface area contributed by atoms with Gasteiger partial charge in [0.2, 0.25) is 0 Å². The minimum absolute atomic E-state index is 0.180. The summed E-state index contributed by atoms with van der Waals surface area (Å²) in [5.41, 5.74) is 0.570. The van der Waals surface area contributed by atoms with Crippen LogP contribution in [0.3, 0.4) is 0 Å². The van der Waals surface area contributed by atoms with Crippen LogP contribution in [0.1, 0.15) is 93.4 Å². The topological polar surface area (TPSA) is 27.7 Å². The van der Waals surface area contributed by atoms with Crippen LogP contribution in [0.4, 0.5) is 0 Å². The van der Waals surface area contributed by atoms with E-state index in [0.29, 0.717) is 41.1 Å². The molecule has 0 N–H and O–H groups in total. The Morgan fingerprint density at radius 2 is 1.47 bits per heavy atom. The van der Waals surface area contributed by atoms with Crippen molar-refractivity contribution in [2.45, 2.75) is 136 Å². The molecule has 3 nitrogen and oxygen atoms in total. The second-order valence-corrected chi connectivity index (χ2v) is 19.8. The van der Waals surface area contributed by atoms with Gasteiger partial charge in [0.15, 0.2) is 14.1 Å². The van der Waals surface area contributed by atoms with Crippen LogP contribution in [0.5, 0.6) is 0 Å². The Morgan fingerprint density at radius 1 is 0.853 bits per heavy atom. The molecule has 5 rings (SSSR count). The van der Waals surface area contributed by atoms with Crippen molar-refractivity contribution < 1.29 is 13.9 Å². The van der Waals surface area contributed by atoms with Crippen molar-refractivity contribution in [1.29, 1.82) is 0 Å². The zero-order valence-corrected chi connectivity index (χ0v) is 24.4. The van der Waals surface area contributed by atoms with Crippen LogP contribution in [-0.2, 0) is 13.9 Å². The van der Waals surface area contributed by atoms with Crippen LogP contribution in [0.15, 0.2) is 0 Å². The molecule has 0 aromatic rings. The minimum atomic E-state index is -1.80. The number of ether oxygens (including phenoxy) is 2. The number of fused-ring (bicyclic) bond motifs is 8. The fourth-order valence-corrected chi connectivity index (χ4v) is 10.5. The van der Waals surface area contributed by atoms with Crippen LogP contribution >= 0.6 is 0 Å². The molecule has 4 saturated carbocycles. The van der Waals surface area contributed by atoms with Crippen molar-refractivity contribution >= 4 is 8.32 Å². The third kappa shape index (κ3) is 3.62. The highest BCUT2D eigenvalue weighted by Crippen LogP contribution is 2.69. The molecule has 0 aromatic carbocycles. The average molecular weight is 487 g/mol. The summed E-state index contributed by atoms with van der Waals surface area (Å²) in [5, 5.41) is 0.243. The quantitative estimate of drug-likeness (QED) is 0.300. The Kier molecular flexibility index (Phi) is 5.83. The van der Waals surface area contributed by atoms with E-state index in [9.17, 15) is 0 Å². The highest BCUT2D eigenvalue weighted by atomic mass is 28.4. The Hall–Kier alpha value is -0.343. The van der Waals surface area contributed by atoms with Gasteiger partial charge in [-0.1, -0.05) is 34.6 Å². The van der Waals surface area contributed by atoms with Gasteiger partial charge in [0, 0.05) is 12.0 Å². The first-order valence-electron chi connectivity index (χ1n) is 14.1. The minimum Gasteiger partial charge on any atom is -0.414 e. The highest BCUT2D eigenvalue weighted by molar-refractivity contribution is 6.74. The monoisotopic (exact) mass is 486 g/mol. The second-order valence-electron chi connectivity index (χ2n) is 15.1. The summed E-state index contributed by atoms with van der Waals surface area (Å²) in [4.78, 5) is 0. The van der Waals surface area contributed by atoms with Gasteiger partial charge >= 0.3 is 0 Å². The SMILES string of the molecule is C#C[C@H]1CCC2C3C(CC[C@@]21C)[C@@]1(C)CC[C@@H](O[Si](C)(C)C(C)(C)C)CC1[C@H]1OC(C)(C)O[C@H]31. The zero-order chi connectivity index (χ0) is 24.9. The van der Waals surface area contributed by atoms with E-state index in [4.69, 9.17) is 20.3 Å². The smallest absolute Gasteiger partial charge is 0.192 e. The highest BCUT2D eigenvalue weighted by Gasteiger charge is 2.68. The molecular weight excluding hydrogens is 436 g/mol. The normalized spacial score (nSPS) is 50.0. The molecule has 0 aromatic heterocycles. The van der Waals surface area contributed by atoms with E-state index < -0.39 is 14.1 Å².